The Labute approximate surface area is 64.7 Å². The van der Waals surface area contributed by atoms with Crippen LogP contribution < -0.4 is 0 Å². The Hall–Kier alpha value is 2.01. The monoisotopic (exact) mass is 223 g/mol. The molecule has 0 amide bonds. The third-order valence-corrected chi connectivity index (χ3v) is 0. The fraction of sp³-hybridized carbons (Fsp3) is 0. The Morgan fingerprint density at radius 1 is 1.20 bits per heavy atom. The van der Waals surface area contributed by atoms with E-state index in [1.165, 1.54) is 0 Å². The minimum absolute atomic E-state index is 0. The average molecular weight is 221 g/mol. The summed E-state index contributed by atoms with van der Waals surface area (Å²) in [6.45, 7) is 0. The van der Waals surface area contributed by atoms with Crippen molar-refractivity contribution < 1.29 is 14.9 Å². The third kappa shape index (κ3) is 23.9. The molecule has 0 nitrogen and oxygen atoms in total. The molecule has 0 heterocycles. The van der Waals surface area contributed by atoms with Crippen LogP contribution in [0.4, 0.5) is 0 Å². The molecule has 0 atom stereocenters. The van der Waals surface area contributed by atoms with Crippen molar-refractivity contribution in [1.29, 1.82) is 0 Å². The average Bonchev–Trinajstić information content (AvgIpc) is 0.918. The molecule has 0 aliphatic rings. The SMILES string of the molecule is S.[Al].[S]=[Mo]=[S]. The molecule has 0 bridgehead atoms. The molecule has 3 radical (unpaired) electrons. The Morgan fingerprint density at radius 3 is 1.20 bits per heavy atom. The second kappa shape index (κ2) is 16.6. The molecule has 0 spiro atoms. The van der Waals surface area contributed by atoms with Crippen molar-refractivity contribution in [1.82, 2.24) is 0 Å². The number of rotatable bonds is 0. The van der Waals surface area contributed by atoms with Crippen molar-refractivity contribution in [2.24, 2.45) is 0 Å². The van der Waals surface area contributed by atoms with Gasteiger partial charge in [-0.1, -0.05) is 0 Å². The molecular weight excluding hydrogens is 219 g/mol. The van der Waals surface area contributed by atoms with Crippen molar-refractivity contribution in [3.8, 4) is 0 Å². The zero-order chi connectivity index (χ0) is 2.71. The van der Waals surface area contributed by atoms with E-state index in [1.54, 1.807) is 0 Å². The van der Waals surface area contributed by atoms with Crippen LogP contribution in [0.1, 0.15) is 0 Å². The normalized spacial score (nSPS) is 2.40. The van der Waals surface area contributed by atoms with Crippen molar-refractivity contribution in [3.05, 3.63) is 0 Å². The van der Waals surface area contributed by atoms with E-state index in [0.717, 1.165) is 0 Å². The van der Waals surface area contributed by atoms with Crippen LogP contribution in [-0.2, 0) is 14.9 Å². The van der Waals surface area contributed by atoms with Crippen LogP contribution in [0, 0.1) is 0 Å². The van der Waals surface area contributed by atoms with Gasteiger partial charge >= 0.3 is 34.6 Å². The standard InChI is InChI=1S/Al.Mo.H2S.2S/h;;1H2;;. The molecule has 0 aromatic heterocycles. The van der Waals surface area contributed by atoms with E-state index in [-0.39, 0.29) is 45.8 Å². The predicted molar refractivity (Wildman–Crippen MR) is 31.3 cm³/mol. The van der Waals surface area contributed by atoms with E-state index in [4.69, 9.17) is 0 Å². The Kier molecular flexibility index (Phi) is 52.4. The van der Waals surface area contributed by atoms with Gasteiger partial charge < -0.3 is 0 Å². The molecule has 0 fully saturated rings. The predicted octanol–water partition coefficient (Wildman–Crippen LogP) is 1.03. The van der Waals surface area contributed by atoms with Crippen LogP contribution in [0.25, 0.3) is 0 Å². The first-order valence-corrected chi connectivity index (χ1v) is 5.92. The van der Waals surface area contributed by atoms with Crippen LogP contribution in [0.5, 0.6) is 0 Å². The van der Waals surface area contributed by atoms with Gasteiger partial charge in [0, 0.05) is 17.4 Å². The van der Waals surface area contributed by atoms with Gasteiger partial charge in [0.2, 0.25) is 0 Å². The van der Waals surface area contributed by atoms with Gasteiger partial charge in [-0.3, -0.25) is 0 Å². The zero-order valence-electron chi connectivity index (χ0n) is 2.30. The first-order chi connectivity index (χ1) is 1.41. The van der Waals surface area contributed by atoms with Crippen LogP contribution in [-0.4, -0.2) is 17.4 Å². The van der Waals surface area contributed by atoms with Gasteiger partial charge in [-0.25, -0.2) is 0 Å². The van der Waals surface area contributed by atoms with Crippen LogP contribution in [0.15, 0.2) is 0 Å². The van der Waals surface area contributed by atoms with E-state index in [0.29, 0.717) is 0 Å². The van der Waals surface area contributed by atoms with E-state index >= 15 is 0 Å². The molecule has 0 saturated heterocycles. The first-order valence-electron chi connectivity index (χ1n) is 0.333. The Bertz CT molecular complexity index is 27.9. The summed E-state index contributed by atoms with van der Waals surface area (Å²) in [5.41, 5.74) is 0. The van der Waals surface area contributed by atoms with E-state index in [9.17, 15) is 0 Å². The summed E-state index contributed by atoms with van der Waals surface area (Å²) >= 11 is -0.363. The fourth-order valence-electron chi connectivity index (χ4n) is 0. The molecule has 0 unspecified atom stereocenters. The van der Waals surface area contributed by atoms with Gasteiger partial charge in [-0.2, -0.15) is 13.5 Å². The second-order valence-corrected chi connectivity index (χ2v) is 3.62. The molecule has 0 aromatic rings. The molecule has 5 heavy (non-hydrogen) atoms. The minimum atomic E-state index is -0.363. The molecule has 0 rings (SSSR count). The first kappa shape index (κ1) is 15.7. The Balaban J connectivity index is -0.0000000200. The maximum atomic E-state index is 4.34. The molecule has 0 aliphatic heterocycles. The molecule has 0 aromatic carbocycles. The maximum absolute atomic E-state index is 4.34. The molecule has 0 N–H and O–H groups in total. The van der Waals surface area contributed by atoms with Crippen molar-refractivity contribution in [3.63, 3.8) is 0 Å². The molecule has 29 valence electrons. The molecule has 0 saturated carbocycles. The third-order valence-electron chi connectivity index (χ3n) is 0. The van der Waals surface area contributed by atoms with Gasteiger partial charge in [0.1, 0.15) is 0 Å². The molecule has 5 heteroatoms. The van der Waals surface area contributed by atoms with Crippen molar-refractivity contribution in [2.75, 3.05) is 0 Å². The second-order valence-electron chi connectivity index (χ2n) is 0.0680. The van der Waals surface area contributed by atoms with E-state index < -0.39 is 0 Å². The Morgan fingerprint density at radius 2 is 1.20 bits per heavy atom. The summed E-state index contributed by atoms with van der Waals surface area (Å²) < 4.78 is 0. The summed E-state index contributed by atoms with van der Waals surface area (Å²) in [6, 6.07) is 0. The van der Waals surface area contributed by atoms with Crippen molar-refractivity contribution >= 4 is 50.5 Å². The van der Waals surface area contributed by atoms with Gasteiger partial charge in [-0.05, 0) is 0 Å². The van der Waals surface area contributed by atoms with Crippen molar-refractivity contribution in [2.45, 2.75) is 0 Å². The van der Waals surface area contributed by atoms with Gasteiger partial charge in [0.15, 0.2) is 0 Å². The number of hydrogen-bond acceptors (Lipinski definition) is 2. The molecular formula is H2AlMoS3. The fourth-order valence-corrected chi connectivity index (χ4v) is 0. The van der Waals surface area contributed by atoms with Gasteiger partial charge in [-0.15, -0.1) is 0 Å². The summed E-state index contributed by atoms with van der Waals surface area (Å²) in [6.07, 6.45) is 0. The molecule has 0 aliphatic carbocycles. The quantitative estimate of drug-likeness (QED) is 0.560. The zero-order valence-corrected chi connectivity index (χ0v) is 8.10. The van der Waals surface area contributed by atoms with Gasteiger partial charge in [0.25, 0.3) is 0 Å². The summed E-state index contributed by atoms with van der Waals surface area (Å²) in [7, 11) is 8.68. The summed E-state index contributed by atoms with van der Waals surface area (Å²) in [4.78, 5) is 0. The van der Waals surface area contributed by atoms with Crippen LogP contribution >= 0.6 is 33.1 Å². The topological polar surface area (TPSA) is 0 Å². The summed E-state index contributed by atoms with van der Waals surface area (Å²) in [5, 5.41) is 0. The van der Waals surface area contributed by atoms with Crippen LogP contribution in [0.2, 0.25) is 0 Å². The number of hydrogen-bond donors (Lipinski definition) is 0. The van der Waals surface area contributed by atoms with E-state index in [1.807, 2.05) is 0 Å². The summed E-state index contributed by atoms with van der Waals surface area (Å²) in [5.74, 6) is 0. The van der Waals surface area contributed by atoms with E-state index in [2.05, 4.69) is 19.6 Å². The van der Waals surface area contributed by atoms with Crippen LogP contribution in [0.3, 0.4) is 0 Å². The van der Waals surface area contributed by atoms with Gasteiger partial charge in [0.05, 0.1) is 0 Å².